The van der Waals surface area contributed by atoms with Gasteiger partial charge in [-0.1, -0.05) is 18.2 Å². The summed E-state index contributed by atoms with van der Waals surface area (Å²) >= 11 is 0. The van der Waals surface area contributed by atoms with Gasteiger partial charge in [0.15, 0.2) is 0 Å². The van der Waals surface area contributed by atoms with E-state index in [0.29, 0.717) is 13.0 Å². The number of aryl methyl sites for hydroxylation is 1. The van der Waals surface area contributed by atoms with Crippen LogP contribution in [0.5, 0.6) is 0 Å². The lowest BCUT2D eigenvalue weighted by molar-refractivity contribution is -0.118. The average Bonchev–Trinajstić information content (AvgIpc) is 2.41. The van der Waals surface area contributed by atoms with Crippen molar-refractivity contribution in [2.75, 3.05) is 11.4 Å². The molecule has 0 radical (unpaired) electrons. The summed E-state index contributed by atoms with van der Waals surface area (Å²) in [6.07, 6.45) is 3.12. The van der Waals surface area contributed by atoms with Gasteiger partial charge < -0.3 is 4.90 Å². The first-order valence-corrected chi connectivity index (χ1v) is 6.83. The molecule has 3 nitrogen and oxygen atoms in total. The highest BCUT2D eigenvalue weighted by Gasteiger charge is 2.24. The van der Waals surface area contributed by atoms with Gasteiger partial charge in [-0.05, 0) is 44.7 Å². The molecule has 19 heavy (non-hydrogen) atoms. The van der Waals surface area contributed by atoms with Gasteiger partial charge in [-0.2, -0.15) is 5.26 Å². The molecule has 0 unspecified atom stereocenters. The van der Waals surface area contributed by atoms with Crippen molar-refractivity contribution in [1.82, 2.24) is 0 Å². The Bertz CT molecular complexity index is 514. The third-order valence-corrected chi connectivity index (χ3v) is 3.68. The van der Waals surface area contributed by atoms with Gasteiger partial charge in [0.1, 0.15) is 0 Å². The van der Waals surface area contributed by atoms with E-state index in [1.807, 2.05) is 36.9 Å². The van der Waals surface area contributed by atoms with Crippen molar-refractivity contribution in [3.05, 3.63) is 29.8 Å². The molecule has 0 bridgehead atoms. The highest BCUT2D eigenvalue weighted by Crippen LogP contribution is 2.29. The number of nitriles is 1. The minimum absolute atomic E-state index is 0.202. The molecule has 0 fully saturated rings. The van der Waals surface area contributed by atoms with Crippen LogP contribution in [0.15, 0.2) is 24.3 Å². The van der Waals surface area contributed by atoms with E-state index in [1.165, 1.54) is 5.56 Å². The van der Waals surface area contributed by atoms with E-state index < -0.39 is 0 Å². The number of fused-ring (bicyclic) bond motifs is 1. The third-order valence-electron chi connectivity index (χ3n) is 3.68. The Kier molecular flexibility index (Phi) is 3.90. The van der Waals surface area contributed by atoms with E-state index in [2.05, 4.69) is 12.1 Å². The summed E-state index contributed by atoms with van der Waals surface area (Å²) in [5.74, 6) is 0.202. The maximum atomic E-state index is 12.0. The van der Waals surface area contributed by atoms with Crippen LogP contribution in [0.4, 0.5) is 5.69 Å². The van der Waals surface area contributed by atoms with Crippen LogP contribution in [-0.4, -0.2) is 12.5 Å². The number of anilines is 1. The van der Waals surface area contributed by atoms with Gasteiger partial charge in [0.05, 0.1) is 11.5 Å². The van der Waals surface area contributed by atoms with Crippen LogP contribution in [0.3, 0.4) is 0 Å². The summed E-state index contributed by atoms with van der Waals surface area (Å²) in [6, 6.07) is 10.4. The number of hydrogen-bond donors (Lipinski definition) is 0. The van der Waals surface area contributed by atoms with Crippen molar-refractivity contribution in [2.24, 2.45) is 5.41 Å². The van der Waals surface area contributed by atoms with Crippen LogP contribution < -0.4 is 4.90 Å². The summed E-state index contributed by atoms with van der Waals surface area (Å²) in [5, 5.41) is 9.01. The van der Waals surface area contributed by atoms with Crippen molar-refractivity contribution < 1.29 is 4.79 Å². The normalized spacial score (nSPS) is 15.0. The van der Waals surface area contributed by atoms with Crippen LogP contribution in [0.2, 0.25) is 0 Å². The summed E-state index contributed by atoms with van der Waals surface area (Å²) < 4.78 is 0. The third kappa shape index (κ3) is 3.14. The second-order valence-corrected chi connectivity index (χ2v) is 5.77. The number of nitrogens with zero attached hydrogens (tertiary/aromatic N) is 2. The second-order valence-electron chi connectivity index (χ2n) is 5.77. The average molecular weight is 256 g/mol. The first-order chi connectivity index (χ1) is 9.03. The van der Waals surface area contributed by atoms with Gasteiger partial charge in [-0.25, -0.2) is 0 Å². The van der Waals surface area contributed by atoms with Crippen molar-refractivity contribution in [2.45, 2.75) is 39.5 Å². The largest absolute Gasteiger partial charge is 0.312 e. The zero-order valence-electron chi connectivity index (χ0n) is 11.6. The first kappa shape index (κ1) is 13.6. The topological polar surface area (TPSA) is 44.1 Å². The van der Waals surface area contributed by atoms with Crippen molar-refractivity contribution in [1.29, 1.82) is 5.26 Å². The van der Waals surface area contributed by atoms with Gasteiger partial charge >= 0.3 is 0 Å². The fraction of sp³-hybridized carbons (Fsp3) is 0.500. The molecular formula is C16H20N2O. The Balaban J connectivity index is 2.04. The van der Waals surface area contributed by atoms with E-state index in [1.54, 1.807) is 0 Å². The lowest BCUT2D eigenvalue weighted by atomic mass is 9.89. The molecule has 0 atom stereocenters. The van der Waals surface area contributed by atoms with Gasteiger partial charge in [0.2, 0.25) is 5.91 Å². The van der Waals surface area contributed by atoms with Crippen molar-refractivity contribution in [3.63, 3.8) is 0 Å². The lowest BCUT2D eigenvalue weighted by Gasteiger charge is -2.30. The molecule has 1 aromatic carbocycles. The number of hydrogen-bond acceptors (Lipinski definition) is 2. The minimum atomic E-state index is -0.307. The standard InChI is InChI=1S/C16H20N2O/c1-16(2,12-17)10-5-11-18-14-7-4-3-6-13(14)8-9-15(18)19/h3-4,6-7H,5,8-11H2,1-2H3. The minimum Gasteiger partial charge on any atom is -0.312 e. The van der Waals surface area contributed by atoms with Crippen molar-refractivity contribution >= 4 is 11.6 Å². The van der Waals surface area contributed by atoms with E-state index >= 15 is 0 Å². The van der Waals surface area contributed by atoms with Crippen LogP contribution in [0, 0.1) is 16.7 Å². The number of amides is 1. The molecule has 1 aromatic rings. The van der Waals surface area contributed by atoms with E-state index in [0.717, 1.165) is 24.9 Å². The smallest absolute Gasteiger partial charge is 0.227 e. The van der Waals surface area contributed by atoms with Crippen LogP contribution >= 0.6 is 0 Å². The number of carbonyl (C=O) groups excluding carboxylic acids is 1. The zero-order chi connectivity index (χ0) is 13.9. The second kappa shape index (κ2) is 5.44. The molecule has 0 saturated heterocycles. The van der Waals surface area contributed by atoms with Crippen LogP contribution in [0.25, 0.3) is 0 Å². The number of para-hydroxylation sites is 1. The Morgan fingerprint density at radius 2 is 2.05 bits per heavy atom. The highest BCUT2D eigenvalue weighted by molar-refractivity contribution is 5.96. The maximum absolute atomic E-state index is 12.0. The predicted octanol–water partition coefficient (Wildman–Crippen LogP) is 3.30. The first-order valence-electron chi connectivity index (χ1n) is 6.83. The quantitative estimate of drug-likeness (QED) is 0.829. The lowest BCUT2D eigenvalue weighted by Crippen LogP contribution is -2.36. The fourth-order valence-corrected chi connectivity index (χ4v) is 2.48. The van der Waals surface area contributed by atoms with Gasteiger partial charge in [-0.3, -0.25) is 4.79 Å². The fourth-order valence-electron chi connectivity index (χ4n) is 2.48. The molecule has 0 saturated carbocycles. The van der Waals surface area contributed by atoms with E-state index in [9.17, 15) is 4.79 Å². The molecule has 1 aliphatic rings. The van der Waals surface area contributed by atoms with E-state index in [4.69, 9.17) is 5.26 Å². The molecule has 1 aliphatic heterocycles. The molecule has 0 N–H and O–H groups in total. The maximum Gasteiger partial charge on any atom is 0.227 e. The Hall–Kier alpha value is -1.82. The molecule has 0 spiro atoms. The molecule has 2 rings (SSSR count). The monoisotopic (exact) mass is 256 g/mol. The predicted molar refractivity (Wildman–Crippen MR) is 75.7 cm³/mol. The molecule has 1 amide bonds. The number of benzene rings is 1. The molecule has 100 valence electrons. The summed E-state index contributed by atoms with van der Waals surface area (Å²) in [7, 11) is 0. The molecule has 0 aromatic heterocycles. The summed E-state index contributed by atoms with van der Waals surface area (Å²) in [6.45, 7) is 4.60. The Labute approximate surface area is 114 Å². The zero-order valence-corrected chi connectivity index (χ0v) is 11.6. The molecule has 3 heteroatoms. The van der Waals surface area contributed by atoms with Crippen LogP contribution in [-0.2, 0) is 11.2 Å². The number of rotatable bonds is 4. The van der Waals surface area contributed by atoms with Crippen molar-refractivity contribution in [3.8, 4) is 6.07 Å². The van der Waals surface area contributed by atoms with Gasteiger partial charge in [0, 0.05) is 18.7 Å². The Morgan fingerprint density at radius 3 is 2.79 bits per heavy atom. The SMILES string of the molecule is CC(C)(C#N)CCCN1C(=O)CCc2ccccc21. The van der Waals surface area contributed by atoms with E-state index in [-0.39, 0.29) is 11.3 Å². The number of carbonyl (C=O) groups is 1. The molecule has 1 heterocycles. The summed E-state index contributed by atoms with van der Waals surface area (Å²) in [5.41, 5.74) is 1.99. The van der Waals surface area contributed by atoms with Crippen LogP contribution in [0.1, 0.15) is 38.7 Å². The summed E-state index contributed by atoms with van der Waals surface area (Å²) in [4.78, 5) is 13.9. The highest BCUT2D eigenvalue weighted by atomic mass is 16.2. The van der Waals surface area contributed by atoms with Gasteiger partial charge in [-0.15, -0.1) is 0 Å². The van der Waals surface area contributed by atoms with Gasteiger partial charge in [0.25, 0.3) is 0 Å². The Morgan fingerprint density at radius 1 is 1.32 bits per heavy atom. The molecular weight excluding hydrogens is 236 g/mol. The molecule has 0 aliphatic carbocycles.